The molecule has 1 unspecified atom stereocenters. The minimum atomic E-state index is -0.213. The molecule has 2 aromatic rings. The van der Waals surface area contributed by atoms with E-state index in [0.29, 0.717) is 22.8 Å². The van der Waals surface area contributed by atoms with E-state index >= 15 is 0 Å². The van der Waals surface area contributed by atoms with Gasteiger partial charge < -0.3 is 4.74 Å². The van der Waals surface area contributed by atoms with E-state index in [1.165, 1.54) is 11.1 Å². The van der Waals surface area contributed by atoms with Crippen molar-refractivity contribution in [2.24, 2.45) is 0 Å². The first-order valence-electron chi connectivity index (χ1n) is 6.61. The van der Waals surface area contributed by atoms with E-state index < -0.39 is 0 Å². The maximum Gasteiger partial charge on any atom is 0.170 e. The van der Waals surface area contributed by atoms with Crippen LogP contribution in [0.15, 0.2) is 36.4 Å². The summed E-state index contributed by atoms with van der Waals surface area (Å²) in [6.45, 7) is 4.14. The maximum absolute atomic E-state index is 12.2. The van der Waals surface area contributed by atoms with Gasteiger partial charge in [-0.25, -0.2) is 0 Å². The monoisotopic (exact) mass is 286 g/mol. The predicted molar refractivity (Wildman–Crippen MR) is 79.7 cm³/mol. The van der Waals surface area contributed by atoms with Crippen LogP contribution in [0.2, 0.25) is 5.02 Å². The molecule has 1 heterocycles. The molecule has 1 atom stereocenters. The number of carbonyl (C=O) groups excluding carboxylic acids is 1. The zero-order chi connectivity index (χ0) is 14.3. The Labute approximate surface area is 123 Å². The minimum absolute atomic E-state index is 0.0805. The van der Waals surface area contributed by atoms with E-state index in [9.17, 15) is 4.79 Å². The van der Waals surface area contributed by atoms with Crippen molar-refractivity contribution >= 4 is 17.4 Å². The summed E-state index contributed by atoms with van der Waals surface area (Å²) in [5.74, 6) is 0.700. The van der Waals surface area contributed by atoms with Crippen LogP contribution in [0.25, 0.3) is 0 Å². The third-order valence-electron chi connectivity index (χ3n) is 3.78. The molecule has 20 heavy (non-hydrogen) atoms. The molecule has 1 aliphatic heterocycles. The first-order chi connectivity index (χ1) is 9.54. The van der Waals surface area contributed by atoms with Crippen molar-refractivity contribution < 1.29 is 9.53 Å². The van der Waals surface area contributed by atoms with E-state index in [-0.39, 0.29) is 11.9 Å². The second-order valence-electron chi connectivity index (χ2n) is 5.22. The lowest BCUT2D eigenvalue weighted by Gasteiger charge is -2.26. The highest BCUT2D eigenvalue weighted by Crippen LogP contribution is 2.36. The number of ketones is 1. The van der Waals surface area contributed by atoms with E-state index in [1.807, 2.05) is 6.07 Å². The summed E-state index contributed by atoms with van der Waals surface area (Å²) in [4.78, 5) is 12.2. The van der Waals surface area contributed by atoms with Crippen LogP contribution in [0.1, 0.15) is 39.6 Å². The van der Waals surface area contributed by atoms with Crippen molar-refractivity contribution in [3.05, 3.63) is 63.7 Å². The Kier molecular flexibility index (Phi) is 3.27. The van der Waals surface area contributed by atoms with Gasteiger partial charge in [0.1, 0.15) is 11.9 Å². The predicted octanol–water partition coefficient (Wildman–Crippen LogP) is 4.66. The van der Waals surface area contributed by atoms with Crippen LogP contribution in [0.3, 0.4) is 0 Å². The lowest BCUT2D eigenvalue weighted by molar-refractivity contribution is 0.0850. The Morgan fingerprint density at radius 3 is 2.65 bits per heavy atom. The second-order valence-corrected chi connectivity index (χ2v) is 5.65. The van der Waals surface area contributed by atoms with E-state index in [2.05, 4.69) is 26.0 Å². The van der Waals surface area contributed by atoms with Crippen molar-refractivity contribution in [1.29, 1.82) is 0 Å². The first kappa shape index (κ1) is 13.2. The molecule has 102 valence electrons. The van der Waals surface area contributed by atoms with Crippen LogP contribution >= 0.6 is 11.6 Å². The second kappa shape index (κ2) is 4.95. The fraction of sp³-hybridized carbons (Fsp3) is 0.235. The number of rotatable bonds is 1. The van der Waals surface area contributed by atoms with Crippen LogP contribution in [0, 0.1) is 13.8 Å². The van der Waals surface area contributed by atoms with Gasteiger partial charge >= 0.3 is 0 Å². The molecule has 0 spiro atoms. The molecule has 0 saturated heterocycles. The molecular formula is C17H15ClO2. The number of aryl methyl sites for hydroxylation is 2. The molecule has 0 amide bonds. The Balaban J connectivity index is 1.97. The normalized spacial score (nSPS) is 17.6. The zero-order valence-corrected chi connectivity index (χ0v) is 12.2. The van der Waals surface area contributed by atoms with Crippen LogP contribution in [0.5, 0.6) is 5.75 Å². The van der Waals surface area contributed by atoms with E-state index in [0.717, 1.165) is 5.56 Å². The van der Waals surface area contributed by atoms with Crippen molar-refractivity contribution in [3.63, 3.8) is 0 Å². The lowest BCUT2D eigenvalue weighted by atomic mass is 9.94. The molecule has 3 heteroatoms. The number of carbonyl (C=O) groups is 1. The molecule has 0 aliphatic carbocycles. The van der Waals surface area contributed by atoms with Gasteiger partial charge in [0.15, 0.2) is 5.78 Å². The molecular weight excluding hydrogens is 272 g/mol. The molecule has 3 rings (SSSR count). The highest BCUT2D eigenvalue weighted by molar-refractivity contribution is 6.31. The smallest absolute Gasteiger partial charge is 0.170 e. The Hall–Kier alpha value is -1.80. The number of fused-ring (bicyclic) bond motifs is 1. The molecule has 1 aliphatic rings. The minimum Gasteiger partial charge on any atom is -0.484 e. The number of hydrogen-bond acceptors (Lipinski definition) is 2. The van der Waals surface area contributed by atoms with Gasteiger partial charge in [0.05, 0.1) is 12.0 Å². The van der Waals surface area contributed by atoms with Gasteiger partial charge in [-0.15, -0.1) is 0 Å². The van der Waals surface area contributed by atoms with Crippen molar-refractivity contribution in [1.82, 2.24) is 0 Å². The number of Topliss-reactive ketones (excluding diaryl/α,β-unsaturated/α-hetero) is 1. The Bertz CT molecular complexity index is 691. The third-order valence-corrected chi connectivity index (χ3v) is 4.02. The maximum atomic E-state index is 12.2. The molecule has 0 aromatic heterocycles. The fourth-order valence-corrected chi connectivity index (χ4v) is 2.62. The average molecular weight is 287 g/mol. The highest BCUT2D eigenvalue weighted by atomic mass is 35.5. The molecule has 0 fully saturated rings. The van der Waals surface area contributed by atoms with Crippen LogP contribution in [-0.4, -0.2) is 5.78 Å². The molecule has 2 nitrogen and oxygen atoms in total. The zero-order valence-electron chi connectivity index (χ0n) is 11.4. The Morgan fingerprint density at radius 1 is 1.10 bits per heavy atom. The number of hydrogen-bond donors (Lipinski definition) is 0. The summed E-state index contributed by atoms with van der Waals surface area (Å²) in [7, 11) is 0. The quantitative estimate of drug-likeness (QED) is 0.762. The van der Waals surface area contributed by atoms with Crippen LogP contribution in [-0.2, 0) is 0 Å². The van der Waals surface area contributed by atoms with Crippen LogP contribution < -0.4 is 4.74 Å². The summed E-state index contributed by atoms with van der Waals surface area (Å²) in [6.07, 6.45) is 0.144. The van der Waals surface area contributed by atoms with Gasteiger partial charge in [0, 0.05) is 5.02 Å². The van der Waals surface area contributed by atoms with Crippen LogP contribution in [0.4, 0.5) is 0 Å². The summed E-state index contributed by atoms with van der Waals surface area (Å²) in [5, 5.41) is 0.560. The molecule has 2 aromatic carbocycles. The SMILES string of the molecule is Cc1ccc(C2CC(=O)c3cc(Cl)ccc3O2)cc1C. The third kappa shape index (κ3) is 2.32. The van der Waals surface area contributed by atoms with Crippen molar-refractivity contribution in [3.8, 4) is 5.75 Å². The van der Waals surface area contributed by atoms with Gasteiger partial charge in [-0.1, -0.05) is 29.8 Å². The lowest BCUT2D eigenvalue weighted by Crippen LogP contribution is -2.20. The number of ether oxygens (including phenoxy) is 1. The topological polar surface area (TPSA) is 26.3 Å². The summed E-state index contributed by atoms with van der Waals surface area (Å²) >= 11 is 5.93. The van der Waals surface area contributed by atoms with E-state index in [4.69, 9.17) is 16.3 Å². The van der Waals surface area contributed by atoms with Crippen molar-refractivity contribution in [2.75, 3.05) is 0 Å². The van der Waals surface area contributed by atoms with Gasteiger partial charge in [0.25, 0.3) is 0 Å². The van der Waals surface area contributed by atoms with Gasteiger partial charge in [-0.3, -0.25) is 4.79 Å². The van der Waals surface area contributed by atoms with E-state index in [1.54, 1.807) is 18.2 Å². The molecule has 0 bridgehead atoms. The molecule has 0 N–H and O–H groups in total. The molecule has 0 radical (unpaired) electrons. The summed E-state index contributed by atoms with van der Waals surface area (Å²) < 4.78 is 5.96. The highest BCUT2D eigenvalue weighted by Gasteiger charge is 2.27. The summed E-state index contributed by atoms with van der Waals surface area (Å²) in [5.41, 5.74) is 4.07. The fourth-order valence-electron chi connectivity index (χ4n) is 2.45. The van der Waals surface area contributed by atoms with Crippen molar-refractivity contribution in [2.45, 2.75) is 26.4 Å². The average Bonchev–Trinajstić information content (AvgIpc) is 2.42. The van der Waals surface area contributed by atoms with Gasteiger partial charge in [-0.2, -0.15) is 0 Å². The van der Waals surface area contributed by atoms with Gasteiger partial charge in [0.2, 0.25) is 0 Å². The molecule has 0 saturated carbocycles. The first-order valence-corrected chi connectivity index (χ1v) is 6.99. The van der Waals surface area contributed by atoms with Gasteiger partial charge in [-0.05, 0) is 48.7 Å². The summed E-state index contributed by atoms with van der Waals surface area (Å²) in [6, 6.07) is 11.4. The number of halogens is 1. The largest absolute Gasteiger partial charge is 0.484 e. The standard InChI is InChI=1S/C17H15ClO2/c1-10-3-4-12(7-11(10)2)17-9-15(19)14-8-13(18)5-6-16(14)20-17/h3-8,17H,9H2,1-2H3. The Morgan fingerprint density at radius 2 is 1.90 bits per heavy atom. The number of benzene rings is 2.